The van der Waals surface area contributed by atoms with Gasteiger partial charge in [-0.3, -0.25) is 0 Å². The van der Waals surface area contributed by atoms with Crippen molar-refractivity contribution in [1.29, 1.82) is 0 Å². The van der Waals surface area contributed by atoms with Gasteiger partial charge in [-0.1, -0.05) is 20.8 Å². The zero-order chi connectivity index (χ0) is 11.0. The van der Waals surface area contributed by atoms with E-state index in [1.54, 1.807) is 0 Å². The number of rotatable bonds is 2. The summed E-state index contributed by atoms with van der Waals surface area (Å²) >= 11 is 0. The molecule has 0 aromatic carbocycles. The van der Waals surface area contributed by atoms with Crippen molar-refractivity contribution in [2.45, 2.75) is 57.7 Å². The minimum Gasteiger partial charge on any atom is -0.411 e. The molecule has 0 aliphatic carbocycles. The molecule has 2 atom stereocenters. The van der Waals surface area contributed by atoms with Crippen molar-refractivity contribution in [3.05, 3.63) is 0 Å². The summed E-state index contributed by atoms with van der Waals surface area (Å²) in [7, 11) is -1.69. The minimum atomic E-state index is -1.69. The van der Waals surface area contributed by atoms with Gasteiger partial charge >= 0.3 is 0 Å². The highest BCUT2D eigenvalue weighted by atomic mass is 28.4. The second-order valence-electron chi connectivity index (χ2n) is 5.52. The molecule has 1 saturated heterocycles. The van der Waals surface area contributed by atoms with Gasteiger partial charge in [-0.2, -0.15) is 0 Å². The molecule has 1 unspecified atom stereocenters. The number of hydrogen-bond acceptors (Lipinski definition) is 3. The maximum absolute atomic E-state index is 9.21. The SMILES string of the molecule is CC(C)(C)[Si](C)(C)O[C@@H]1COC(O)C1. The molecule has 0 aromatic rings. The number of aliphatic hydroxyl groups is 1. The van der Waals surface area contributed by atoms with E-state index in [0.717, 1.165) is 0 Å². The third-order valence-corrected chi connectivity index (χ3v) is 7.74. The molecule has 1 rings (SSSR count). The van der Waals surface area contributed by atoms with Gasteiger partial charge in [0.25, 0.3) is 0 Å². The first-order valence-electron chi connectivity index (χ1n) is 5.20. The zero-order valence-corrected chi connectivity index (χ0v) is 10.8. The van der Waals surface area contributed by atoms with E-state index < -0.39 is 14.6 Å². The molecule has 0 saturated carbocycles. The molecule has 0 spiro atoms. The van der Waals surface area contributed by atoms with Gasteiger partial charge in [0.1, 0.15) is 0 Å². The maximum Gasteiger partial charge on any atom is 0.192 e. The van der Waals surface area contributed by atoms with Gasteiger partial charge < -0.3 is 14.3 Å². The molecule has 1 N–H and O–H groups in total. The first-order chi connectivity index (χ1) is 6.22. The average Bonchev–Trinajstić information content (AvgIpc) is 2.31. The number of hydrogen-bond donors (Lipinski definition) is 1. The van der Waals surface area contributed by atoms with Crippen LogP contribution in [0.3, 0.4) is 0 Å². The second-order valence-corrected chi connectivity index (χ2v) is 10.3. The summed E-state index contributed by atoms with van der Waals surface area (Å²) < 4.78 is 11.2. The predicted octanol–water partition coefficient (Wildman–Crippen LogP) is 2.12. The maximum atomic E-state index is 9.21. The quantitative estimate of drug-likeness (QED) is 0.722. The predicted molar refractivity (Wildman–Crippen MR) is 58.6 cm³/mol. The largest absolute Gasteiger partial charge is 0.411 e. The molecule has 1 heterocycles. The molecule has 1 aliphatic heterocycles. The Balaban J connectivity index is 2.51. The Bertz CT molecular complexity index is 198. The molecule has 0 bridgehead atoms. The van der Waals surface area contributed by atoms with E-state index in [2.05, 4.69) is 33.9 Å². The van der Waals surface area contributed by atoms with Crippen molar-refractivity contribution < 1.29 is 14.3 Å². The molecule has 84 valence electrons. The van der Waals surface area contributed by atoms with Crippen LogP contribution >= 0.6 is 0 Å². The first kappa shape index (κ1) is 12.2. The van der Waals surface area contributed by atoms with Gasteiger partial charge in [-0.15, -0.1) is 0 Å². The highest BCUT2D eigenvalue weighted by molar-refractivity contribution is 6.74. The van der Waals surface area contributed by atoms with E-state index >= 15 is 0 Å². The summed E-state index contributed by atoms with van der Waals surface area (Å²) in [6, 6.07) is 0. The van der Waals surface area contributed by atoms with Crippen LogP contribution in [0.1, 0.15) is 27.2 Å². The Labute approximate surface area is 87.5 Å². The van der Waals surface area contributed by atoms with Crippen LogP contribution in [0.4, 0.5) is 0 Å². The Kier molecular flexibility index (Phi) is 3.41. The van der Waals surface area contributed by atoms with E-state index in [-0.39, 0.29) is 11.1 Å². The molecule has 3 nitrogen and oxygen atoms in total. The van der Waals surface area contributed by atoms with E-state index in [4.69, 9.17) is 9.16 Å². The smallest absolute Gasteiger partial charge is 0.192 e. The summed E-state index contributed by atoms with van der Waals surface area (Å²) in [5.74, 6) is 0. The van der Waals surface area contributed by atoms with Gasteiger partial charge in [-0.05, 0) is 18.1 Å². The van der Waals surface area contributed by atoms with Crippen LogP contribution in [-0.4, -0.2) is 32.4 Å². The molecule has 0 radical (unpaired) electrons. The Morgan fingerprint density at radius 1 is 1.36 bits per heavy atom. The fourth-order valence-corrected chi connectivity index (χ4v) is 2.61. The van der Waals surface area contributed by atoms with Crippen molar-refractivity contribution in [3.8, 4) is 0 Å². The Morgan fingerprint density at radius 2 is 1.93 bits per heavy atom. The van der Waals surface area contributed by atoms with E-state index in [0.29, 0.717) is 13.0 Å². The molecule has 0 aromatic heterocycles. The molecule has 14 heavy (non-hydrogen) atoms. The second kappa shape index (κ2) is 3.93. The van der Waals surface area contributed by atoms with Crippen molar-refractivity contribution in [2.24, 2.45) is 0 Å². The van der Waals surface area contributed by atoms with Gasteiger partial charge in [0.15, 0.2) is 14.6 Å². The molecule has 4 heteroatoms. The summed E-state index contributed by atoms with van der Waals surface area (Å²) in [6.45, 7) is 11.6. The zero-order valence-electron chi connectivity index (χ0n) is 9.83. The molecule has 1 aliphatic rings. The van der Waals surface area contributed by atoms with Crippen LogP contribution in [0.2, 0.25) is 18.1 Å². The lowest BCUT2D eigenvalue weighted by molar-refractivity contribution is -0.0594. The van der Waals surface area contributed by atoms with Gasteiger partial charge in [-0.25, -0.2) is 0 Å². The topological polar surface area (TPSA) is 38.7 Å². The highest BCUT2D eigenvalue weighted by Gasteiger charge is 2.40. The fraction of sp³-hybridized carbons (Fsp3) is 1.00. The van der Waals surface area contributed by atoms with Gasteiger partial charge in [0, 0.05) is 6.42 Å². The highest BCUT2D eigenvalue weighted by Crippen LogP contribution is 2.38. The van der Waals surface area contributed by atoms with E-state index in [9.17, 15) is 5.11 Å². The fourth-order valence-electron chi connectivity index (χ4n) is 1.25. The van der Waals surface area contributed by atoms with Gasteiger partial charge in [0.05, 0.1) is 12.7 Å². The van der Waals surface area contributed by atoms with Crippen LogP contribution in [0.5, 0.6) is 0 Å². The normalized spacial score (nSPS) is 29.6. The first-order valence-corrected chi connectivity index (χ1v) is 8.11. The molecular weight excluding hydrogens is 196 g/mol. The van der Waals surface area contributed by atoms with Crippen LogP contribution in [-0.2, 0) is 9.16 Å². The molecule has 1 fully saturated rings. The van der Waals surface area contributed by atoms with Crippen LogP contribution in [0.25, 0.3) is 0 Å². The Morgan fingerprint density at radius 3 is 2.29 bits per heavy atom. The van der Waals surface area contributed by atoms with Gasteiger partial charge in [0.2, 0.25) is 0 Å². The van der Waals surface area contributed by atoms with E-state index in [1.165, 1.54) is 0 Å². The Hall–Kier alpha value is 0.0969. The lowest BCUT2D eigenvalue weighted by Crippen LogP contribution is -2.44. The lowest BCUT2D eigenvalue weighted by atomic mass is 10.2. The summed E-state index contributed by atoms with van der Waals surface area (Å²) in [6.07, 6.45) is 0.0858. The summed E-state index contributed by atoms with van der Waals surface area (Å²) in [5.41, 5.74) is 0. The van der Waals surface area contributed by atoms with Crippen molar-refractivity contribution in [2.75, 3.05) is 6.61 Å². The standard InChI is InChI=1S/C10H22O3Si/c1-10(2,3)14(4,5)13-8-6-9(11)12-7-8/h8-9,11H,6-7H2,1-5H3/t8-,9?/m0/s1. The summed E-state index contributed by atoms with van der Waals surface area (Å²) in [5, 5.41) is 9.44. The molecule has 0 amide bonds. The minimum absolute atomic E-state index is 0.0888. The monoisotopic (exact) mass is 218 g/mol. The lowest BCUT2D eigenvalue weighted by Gasteiger charge is -2.38. The third kappa shape index (κ3) is 2.79. The van der Waals surface area contributed by atoms with Crippen LogP contribution in [0, 0.1) is 0 Å². The molecular formula is C10H22O3Si. The summed E-state index contributed by atoms with van der Waals surface area (Å²) in [4.78, 5) is 0. The van der Waals surface area contributed by atoms with Crippen molar-refractivity contribution in [3.63, 3.8) is 0 Å². The average molecular weight is 218 g/mol. The van der Waals surface area contributed by atoms with E-state index in [1.807, 2.05) is 0 Å². The van der Waals surface area contributed by atoms with Crippen molar-refractivity contribution >= 4 is 8.32 Å². The van der Waals surface area contributed by atoms with Crippen molar-refractivity contribution in [1.82, 2.24) is 0 Å². The third-order valence-electron chi connectivity index (χ3n) is 3.21. The number of aliphatic hydroxyl groups excluding tert-OH is 1. The number of ether oxygens (including phenoxy) is 1. The van der Waals surface area contributed by atoms with Crippen LogP contribution < -0.4 is 0 Å². The van der Waals surface area contributed by atoms with Crippen LogP contribution in [0.15, 0.2) is 0 Å².